The lowest BCUT2D eigenvalue weighted by Crippen LogP contribution is -2.44. The van der Waals surface area contributed by atoms with Gasteiger partial charge in [-0.1, -0.05) is 26.5 Å². The van der Waals surface area contributed by atoms with Crippen molar-refractivity contribution in [2.24, 2.45) is 0 Å². The molecule has 0 aliphatic carbocycles. The molecule has 0 bridgehead atoms. The number of rotatable bonds is 6. The Hall–Kier alpha value is -4.71. The van der Waals surface area contributed by atoms with Gasteiger partial charge in [-0.15, -0.1) is 0 Å². The van der Waals surface area contributed by atoms with E-state index in [1.807, 2.05) is 46.8 Å². The molecule has 6 rings (SSSR count). The second kappa shape index (κ2) is 11.8. The van der Waals surface area contributed by atoms with Gasteiger partial charge in [-0.3, -0.25) is 24.2 Å². The molecule has 12 heteroatoms. The minimum absolute atomic E-state index is 0.0145. The van der Waals surface area contributed by atoms with Gasteiger partial charge in [0.25, 0.3) is 5.56 Å². The number of piperidine rings is 1. The molecule has 244 valence electrons. The predicted octanol–water partition coefficient (Wildman–Crippen LogP) is 5.89. The van der Waals surface area contributed by atoms with Crippen molar-refractivity contribution in [1.82, 2.24) is 29.6 Å². The van der Waals surface area contributed by atoms with Crippen LogP contribution in [0.1, 0.15) is 67.8 Å². The van der Waals surface area contributed by atoms with Gasteiger partial charge in [-0.2, -0.15) is 5.10 Å². The number of aromatic nitrogens is 5. The van der Waals surface area contributed by atoms with Gasteiger partial charge in [-0.05, 0) is 86.4 Å². The minimum atomic E-state index is -4.15. The molecule has 1 unspecified atom stereocenters. The lowest BCUT2D eigenvalue weighted by Gasteiger charge is -2.38. The van der Waals surface area contributed by atoms with E-state index in [0.717, 1.165) is 11.8 Å². The van der Waals surface area contributed by atoms with Crippen LogP contribution in [0.15, 0.2) is 59.0 Å². The molecule has 1 amide bonds. The highest BCUT2D eigenvalue weighted by Gasteiger charge is 2.36. The summed E-state index contributed by atoms with van der Waals surface area (Å²) in [6.45, 7) is 13.3. The highest BCUT2D eigenvalue weighted by Crippen LogP contribution is 2.41. The lowest BCUT2D eigenvalue weighted by molar-refractivity contribution is -0.129. The number of halogens is 1. The second-order valence-corrected chi connectivity index (χ2v) is 14.7. The first-order valence-electron chi connectivity index (χ1n) is 15.6. The smallest absolute Gasteiger partial charge is 0.275 e. The van der Waals surface area contributed by atoms with Crippen molar-refractivity contribution < 1.29 is 17.6 Å². The van der Waals surface area contributed by atoms with Crippen LogP contribution in [0.4, 0.5) is 4.39 Å². The fourth-order valence-corrected chi connectivity index (χ4v) is 8.12. The molecule has 1 aromatic carbocycles. The van der Waals surface area contributed by atoms with Gasteiger partial charge < -0.3 is 4.90 Å². The summed E-state index contributed by atoms with van der Waals surface area (Å²) in [7, 11) is -4.15. The third-order valence-electron chi connectivity index (χ3n) is 9.21. The van der Waals surface area contributed by atoms with E-state index in [1.165, 1.54) is 16.7 Å². The molecule has 0 radical (unpaired) electrons. The normalized spacial score (nSPS) is 17.1. The van der Waals surface area contributed by atoms with Crippen LogP contribution in [-0.2, 0) is 14.6 Å². The van der Waals surface area contributed by atoms with E-state index in [0.29, 0.717) is 52.8 Å². The number of hydrogen-bond donors (Lipinski definition) is 1. The number of sulfone groups is 1. The molecule has 4 aromatic heterocycles. The summed E-state index contributed by atoms with van der Waals surface area (Å²) in [6, 6.07) is 6.47. The van der Waals surface area contributed by atoms with Crippen LogP contribution in [0.3, 0.4) is 0 Å². The Balaban J connectivity index is 1.78. The Labute approximate surface area is 272 Å². The van der Waals surface area contributed by atoms with Gasteiger partial charge in [-0.25, -0.2) is 17.8 Å². The van der Waals surface area contributed by atoms with E-state index in [2.05, 4.69) is 21.8 Å². The predicted molar refractivity (Wildman–Crippen MR) is 180 cm³/mol. The van der Waals surface area contributed by atoms with Crippen molar-refractivity contribution in [2.75, 3.05) is 12.8 Å². The number of nitrogens with one attached hydrogen (secondary N) is 1. The van der Waals surface area contributed by atoms with Crippen molar-refractivity contribution >= 4 is 37.7 Å². The van der Waals surface area contributed by atoms with Crippen molar-refractivity contribution in [3.8, 4) is 16.9 Å². The van der Waals surface area contributed by atoms with E-state index in [4.69, 9.17) is 4.98 Å². The molecule has 2 atom stereocenters. The summed E-state index contributed by atoms with van der Waals surface area (Å²) in [5.41, 5.74) is 3.23. The molecule has 5 heterocycles. The number of benzene rings is 1. The maximum Gasteiger partial charge on any atom is 0.275 e. The number of H-pyrrole nitrogens is 1. The summed E-state index contributed by atoms with van der Waals surface area (Å²) in [4.78, 5) is 38.1. The summed E-state index contributed by atoms with van der Waals surface area (Å²) in [6.07, 6.45) is 6.24. The van der Waals surface area contributed by atoms with E-state index in [9.17, 15) is 18.0 Å². The molecule has 0 saturated carbocycles. The summed E-state index contributed by atoms with van der Waals surface area (Å²) < 4.78 is 45.2. The summed E-state index contributed by atoms with van der Waals surface area (Å²) >= 11 is 0. The van der Waals surface area contributed by atoms with E-state index < -0.39 is 32.0 Å². The highest BCUT2D eigenvalue weighted by atomic mass is 32.2. The Bertz CT molecular complexity index is 2270. The number of carbonyl (C=O) groups is 1. The average Bonchev–Trinajstić information content (AvgIpc) is 3.49. The van der Waals surface area contributed by atoms with Crippen LogP contribution >= 0.6 is 0 Å². The number of aromatic amines is 1. The Kier molecular flexibility index (Phi) is 8.11. The lowest BCUT2D eigenvalue weighted by atomic mass is 9.84. The first-order valence-corrected chi connectivity index (χ1v) is 17.4. The van der Waals surface area contributed by atoms with E-state index >= 15 is 4.39 Å². The van der Waals surface area contributed by atoms with Crippen LogP contribution in [0.25, 0.3) is 38.9 Å². The zero-order valence-electron chi connectivity index (χ0n) is 27.3. The SMILES string of the molecule is C=CC(=O)N1CCC(c2c(S(C)(=O)=O)c(=O)n(-c3c(C)ccnc3C(C)C)c3nc(-c4c(C)ccc5[nH]ncc45)c(F)cc23)C[C@H]1C. The number of amides is 1. The Morgan fingerprint density at radius 2 is 1.91 bits per heavy atom. The van der Waals surface area contributed by atoms with Crippen molar-refractivity contribution in [1.29, 1.82) is 0 Å². The van der Waals surface area contributed by atoms with Gasteiger partial charge in [0.15, 0.2) is 9.84 Å². The first-order chi connectivity index (χ1) is 22.2. The molecule has 1 saturated heterocycles. The van der Waals surface area contributed by atoms with E-state index in [1.54, 1.807) is 23.4 Å². The van der Waals surface area contributed by atoms with Crippen molar-refractivity contribution in [2.45, 2.75) is 70.2 Å². The minimum Gasteiger partial charge on any atom is -0.336 e. The quantitative estimate of drug-likeness (QED) is 0.226. The Morgan fingerprint density at radius 1 is 1.17 bits per heavy atom. The van der Waals surface area contributed by atoms with Gasteiger partial charge in [0, 0.05) is 41.4 Å². The molecule has 1 aliphatic rings. The third kappa shape index (κ3) is 5.34. The van der Waals surface area contributed by atoms with Crippen LogP contribution in [0.5, 0.6) is 0 Å². The van der Waals surface area contributed by atoms with Crippen LogP contribution in [0.2, 0.25) is 0 Å². The molecule has 5 aromatic rings. The first kappa shape index (κ1) is 32.2. The molecule has 1 aliphatic heterocycles. The largest absolute Gasteiger partial charge is 0.336 e. The molecule has 1 fully saturated rings. The van der Waals surface area contributed by atoms with Crippen LogP contribution < -0.4 is 5.56 Å². The van der Waals surface area contributed by atoms with Gasteiger partial charge in [0.2, 0.25) is 5.91 Å². The van der Waals surface area contributed by atoms with Gasteiger partial charge in [0.1, 0.15) is 22.1 Å². The maximum absolute atomic E-state index is 16.6. The monoisotopic (exact) mass is 656 g/mol. The zero-order chi connectivity index (χ0) is 33.9. The number of aryl methyl sites for hydroxylation is 2. The summed E-state index contributed by atoms with van der Waals surface area (Å²) in [5.74, 6) is -1.50. The van der Waals surface area contributed by atoms with Crippen LogP contribution in [0, 0.1) is 19.7 Å². The number of fused-ring (bicyclic) bond motifs is 2. The molecular weight excluding hydrogens is 619 g/mol. The second-order valence-electron chi connectivity index (χ2n) is 12.8. The number of pyridine rings is 3. The van der Waals surface area contributed by atoms with Crippen LogP contribution in [-0.4, -0.2) is 62.8 Å². The fourth-order valence-electron chi connectivity index (χ4n) is 7.03. The zero-order valence-corrected chi connectivity index (χ0v) is 28.1. The third-order valence-corrected chi connectivity index (χ3v) is 10.3. The van der Waals surface area contributed by atoms with Crippen molar-refractivity contribution in [3.05, 3.63) is 87.9 Å². The molecule has 1 N–H and O–H groups in total. The van der Waals surface area contributed by atoms with Gasteiger partial charge in [0.05, 0.1) is 23.1 Å². The highest BCUT2D eigenvalue weighted by molar-refractivity contribution is 7.90. The van der Waals surface area contributed by atoms with E-state index in [-0.39, 0.29) is 40.2 Å². The fraction of sp³-hybridized carbons (Fsp3) is 0.343. The average molecular weight is 657 g/mol. The van der Waals surface area contributed by atoms with Gasteiger partial charge >= 0.3 is 0 Å². The molecule has 0 spiro atoms. The number of likely N-dealkylation sites (tertiary alicyclic amines) is 1. The number of hydrogen-bond acceptors (Lipinski definition) is 7. The summed E-state index contributed by atoms with van der Waals surface area (Å²) in [5, 5.41) is 7.95. The number of nitrogens with zero attached hydrogens (tertiary/aromatic N) is 5. The maximum atomic E-state index is 16.6. The standard InChI is InChI=1S/C35H37FN6O4S/c1-8-27(43)41-14-12-22(15-21(41)6)29-23-16-25(36)31(28-19(4)9-10-26-24(28)17-38-40-26)39-34(23)42(35(44)33(29)47(7,45)46)32-20(5)11-13-37-30(32)18(2)3/h8-11,13,16-18,21-22H,1,12,14-15H2,2-7H3,(H,38,40)/t21-,22?/m1/s1. The van der Waals surface area contributed by atoms with Crippen molar-refractivity contribution in [3.63, 3.8) is 0 Å². The topological polar surface area (TPSA) is 131 Å². The Morgan fingerprint density at radius 3 is 2.57 bits per heavy atom. The number of carbonyl (C=O) groups excluding carboxylic acids is 1. The molecule has 47 heavy (non-hydrogen) atoms. The molecular formula is C35H37FN6O4S. The molecule has 10 nitrogen and oxygen atoms in total.